The van der Waals surface area contributed by atoms with Gasteiger partial charge in [0, 0.05) is 25.7 Å². The maximum atomic E-state index is 13.4. The van der Waals surface area contributed by atoms with Crippen molar-refractivity contribution in [2.75, 3.05) is 18.0 Å². The molecule has 2 amide bonds. The number of aryl methyl sites for hydroxylation is 1. The molecule has 1 saturated heterocycles. The zero-order valence-corrected chi connectivity index (χ0v) is 17.3. The van der Waals surface area contributed by atoms with E-state index in [0.29, 0.717) is 11.5 Å². The van der Waals surface area contributed by atoms with Crippen molar-refractivity contribution >= 4 is 28.8 Å². The predicted molar refractivity (Wildman–Crippen MR) is 116 cm³/mol. The molecule has 1 atom stereocenters. The fraction of sp³-hybridized carbons (Fsp3) is 0.375. The SMILES string of the molecule is Cn1c(N2C(=O)c3ccccc3C2CC(=O)N2CCCCCC2)nc2ccccc21. The first-order chi connectivity index (χ1) is 14.6. The number of aromatic nitrogens is 2. The molecule has 3 aromatic rings. The van der Waals surface area contributed by atoms with Crippen molar-refractivity contribution in [1.29, 1.82) is 0 Å². The molecule has 0 N–H and O–H groups in total. The van der Waals surface area contributed by atoms with Crippen molar-refractivity contribution in [3.8, 4) is 0 Å². The second-order valence-electron chi connectivity index (χ2n) is 8.24. The summed E-state index contributed by atoms with van der Waals surface area (Å²) >= 11 is 0. The maximum Gasteiger partial charge on any atom is 0.261 e. The molecule has 30 heavy (non-hydrogen) atoms. The number of carbonyl (C=O) groups excluding carboxylic acids is 2. The largest absolute Gasteiger partial charge is 0.343 e. The number of carbonyl (C=O) groups is 2. The standard InChI is InChI=1S/C24H26N4O2/c1-26-20-13-7-6-12-19(20)25-24(26)28-21(17-10-4-5-11-18(17)23(28)30)16-22(29)27-14-8-2-3-9-15-27/h4-7,10-13,21H,2-3,8-9,14-16H2,1H3. The van der Waals surface area contributed by atoms with Gasteiger partial charge in [0.1, 0.15) is 0 Å². The van der Waals surface area contributed by atoms with Gasteiger partial charge in [-0.05, 0) is 36.6 Å². The molecular weight excluding hydrogens is 376 g/mol. The van der Waals surface area contributed by atoms with E-state index in [9.17, 15) is 9.59 Å². The maximum absolute atomic E-state index is 13.4. The molecule has 0 spiro atoms. The van der Waals surface area contributed by atoms with Gasteiger partial charge in [0.05, 0.1) is 23.5 Å². The normalized spacial score (nSPS) is 19.2. The summed E-state index contributed by atoms with van der Waals surface area (Å²) in [4.78, 5) is 35.1. The van der Waals surface area contributed by atoms with Crippen LogP contribution in [0.25, 0.3) is 11.0 Å². The minimum Gasteiger partial charge on any atom is -0.343 e. The Balaban J connectivity index is 1.54. The van der Waals surface area contributed by atoms with Gasteiger partial charge < -0.3 is 9.47 Å². The summed E-state index contributed by atoms with van der Waals surface area (Å²) in [5.74, 6) is 0.624. The molecular formula is C24H26N4O2. The average Bonchev–Trinajstić information content (AvgIpc) is 3.07. The fourth-order valence-electron chi connectivity index (χ4n) is 4.79. The van der Waals surface area contributed by atoms with Crippen molar-refractivity contribution < 1.29 is 9.59 Å². The van der Waals surface area contributed by atoms with Crippen LogP contribution in [-0.2, 0) is 11.8 Å². The molecule has 6 nitrogen and oxygen atoms in total. The summed E-state index contributed by atoms with van der Waals surface area (Å²) in [6.45, 7) is 1.63. The number of benzene rings is 2. The van der Waals surface area contributed by atoms with Crippen LogP contribution in [0.1, 0.15) is 54.1 Å². The van der Waals surface area contributed by atoms with Crippen LogP contribution in [0, 0.1) is 0 Å². The first kappa shape index (κ1) is 18.9. The third-order valence-corrected chi connectivity index (χ3v) is 6.39. The van der Waals surface area contributed by atoms with E-state index in [1.807, 2.05) is 65.0 Å². The summed E-state index contributed by atoms with van der Waals surface area (Å²) in [6.07, 6.45) is 4.76. The Bertz CT molecular complexity index is 1110. The fourth-order valence-corrected chi connectivity index (χ4v) is 4.79. The number of imidazole rings is 1. The number of nitrogens with zero attached hydrogens (tertiary/aromatic N) is 4. The van der Waals surface area contributed by atoms with E-state index in [2.05, 4.69) is 0 Å². The summed E-state index contributed by atoms with van der Waals surface area (Å²) in [5.41, 5.74) is 3.39. The van der Waals surface area contributed by atoms with Gasteiger partial charge >= 0.3 is 0 Å². The molecule has 2 aromatic carbocycles. The molecule has 2 aliphatic rings. The Morgan fingerprint density at radius 3 is 2.47 bits per heavy atom. The Kier molecular flexibility index (Phi) is 4.77. The predicted octanol–water partition coefficient (Wildman–Crippen LogP) is 4.07. The third kappa shape index (κ3) is 3.07. The van der Waals surface area contributed by atoms with Crippen molar-refractivity contribution in [3.05, 3.63) is 59.7 Å². The number of fused-ring (bicyclic) bond motifs is 2. The molecule has 5 rings (SSSR count). The molecule has 1 fully saturated rings. The zero-order valence-electron chi connectivity index (χ0n) is 17.3. The number of hydrogen-bond acceptors (Lipinski definition) is 3. The molecule has 1 unspecified atom stereocenters. The minimum absolute atomic E-state index is 0.0855. The van der Waals surface area contributed by atoms with Crippen molar-refractivity contribution in [1.82, 2.24) is 14.5 Å². The van der Waals surface area contributed by atoms with Gasteiger partial charge in [-0.2, -0.15) is 0 Å². The average molecular weight is 402 g/mol. The van der Waals surface area contributed by atoms with E-state index >= 15 is 0 Å². The van der Waals surface area contributed by atoms with E-state index in [1.54, 1.807) is 4.90 Å². The number of rotatable bonds is 3. The third-order valence-electron chi connectivity index (χ3n) is 6.39. The lowest BCUT2D eigenvalue weighted by Crippen LogP contribution is -2.37. The monoisotopic (exact) mass is 402 g/mol. The van der Waals surface area contributed by atoms with Gasteiger partial charge in [0.2, 0.25) is 11.9 Å². The van der Waals surface area contributed by atoms with Crippen LogP contribution < -0.4 is 4.90 Å². The van der Waals surface area contributed by atoms with Crippen LogP contribution in [0.2, 0.25) is 0 Å². The van der Waals surface area contributed by atoms with E-state index in [0.717, 1.165) is 42.5 Å². The molecule has 154 valence electrons. The summed E-state index contributed by atoms with van der Waals surface area (Å²) < 4.78 is 1.95. The smallest absolute Gasteiger partial charge is 0.261 e. The van der Waals surface area contributed by atoms with E-state index < -0.39 is 0 Å². The number of amides is 2. The van der Waals surface area contributed by atoms with Crippen LogP contribution in [-0.4, -0.2) is 39.4 Å². The second-order valence-corrected chi connectivity index (χ2v) is 8.24. The lowest BCUT2D eigenvalue weighted by Gasteiger charge is -2.27. The van der Waals surface area contributed by atoms with Crippen LogP contribution >= 0.6 is 0 Å². The Hall–Kier alpha value is -3.15. The Labute approximate surface area is 176 Å². The number of hydrogen-bond donors (Lipinski definition) is 0. The first-order valence-electron chi connectivity index (χ1n) is 10.8. The lowest BCUT2D eigenvalue weighted by atomic mass is 10.0. The highest BCUT2D eigenvalue weighted by atomic mass is 16.2. The highest BCUT2D eigenvalue weighted by molar-refractivity contribution is 6.11. The first-order valence-corrected chi connectivity index (χ1v) is 10.8. The van der Waals surface area contributed by atoms with Crippen LogP contribution in [0.15, 0.2) is 48.5 Å². The van der Waals surface area contributed by atoms with Crippen molar-refractivity contribution in [2.24, 2.45) is 7.05 Å². The van der Waals surface area contributed by atoms with Gasteiger partial charge in [-0.25, -0.2) is 4.98 Å². The molecule has 1 aromatic heterocycles. The quantitative estimate of drug-likeness (QED) is 0.664. The summed E-state index contributed by atoms with van der Waals surface area (Å²) in [6, 6.07) is 15.2. The molecule has 6 heteroatoms. The van der Waals surface area contributed by atoms with Gasteiger partial charge in [0.15, 0.2) is 0 Å². The van der Waals surface area contributed by atoms with Crippen molar-refractivity contribution in [2.45, 2.75) is 38.1 Å². The van der Waals surface area contributed by atoms with Gasteiger partial charge in [-0.1, -0.05) is 43.2 Å². The number of likely N-dealkylation sites (tertiary alicyclic amines) is 1. The van der Waals surface area contributed by atoms with Gasteiger partial charge in [-0.3, -0.25) is 14.5 Å². The highest BCUT2D eigenvalue weighted by Gasteiger charge is 2.41. The molecule has 2 aliphatic heterocycles. The molecule has 0 aliphatic carbocycles. The lowest BCUT2D eigenvalue weighted by molar-refractivity contribution is -0.131. The topological polar surface area (TPSA) is 58.4 Å². The number of anilines is 1. The van der Waals surface area contributed by atoms with Crippen LogP contribution in [0.4, 0.5) is 5.95 Å². The van der Waals surface area contributed by atoms with Gasteiger partial charge in [0.25, 0.3) is 5.91 Å². The van der Waals surface area contributed by atoms with E-state index in [4.69, 9.17) is 4.98 Å². The summed E-state index contributed by atoms with van der Waals surface area (Å²) in [7, 11) is 1.93. The van der Waals surface area contributed by atoms with E-state index in [1.165, 1.54) is 12.8 Å². The Morgan fingerprint density at radius 1 is 1.00 bits per heavy atom. The number of para-hydroxylation sites is 2. The zero-order chi connectivity index (χ0) is 20.7. The Morgan fingerprint density at radius 2 is 1.70 bits per heavy atom. The molecule has 0 bridgehead atoms. The molecule has 3 heterocycles. The second kappa shape index (κ2) is 7.59. The van der Waals surface area contributed by atoms with Crippen molar-refractivity contribution in [3.63, 3.8) is 0 Å². The van der Waals surface area contributed by atoms with Crippen LogP contribution in [0.3, 0.4) is 0 Å². The molecule has 0 saturated carbocycles. The molecule has 0 radical (unpaired) electrons. The van der Waals surface area contributed by atoms with Crippen LogP contribution in [0.5, 0.6) is 0 Å². The minimum atomic E-state index is -0.333. The summed E-state index contributed by atoms with van der Waals surface area (Å²) in [5, 5.41) is 0. The van der Waals surface area contributed by atoms with E-state index in [-0.39, 0.29) is 24.3 Å². The highest BCUT2D eigenvalue weighted by Crippen LogP contribution is 2.40. The van der Waals surface area contributed by atoms with Gasteiger partial charge in [-0.15, -0.1) is 0 Å².